The van der Waals surface area contributed by atoms with Crippen LogP contribution in [-0.2, 0) is 11.3 Å². The molecule has 4 fully saturated rings. The highest BCUT2D eigenvalue weighted by atomic mass is 16.7. The molecule has 4 saturated carbocycles. The molecule has 0 radical (unpaired) electrons. The largest absolute Gasteiger partial charge is 0.454 e. The Morgan fingerprint density at radius 3 is 2.53 bits per heavy atom. The van der Waals surface area contributed by atoms with E-state index in [1.165, 1.54) is 44.7 Å². The Hall–Kier alpha value is -2.68. The van der Waals surface area contributed by atoms with Crippen molar-refractivity contribution in [2.75, 3.05) is 6.79 Å². The molecule has 0 spiro atoms. The summed E-state index contributed by atoms with van der Waals surface area (Å²) in [6.07, 6.45) is 9.36. The molecular formula is C24H29N3O3. The molecule has 0 saturated heterocycles. The molecule has 6 rings (SSSR count). The minimum absolute atomic E-state index is 0.101. The van der Waals surface area contributed by atoms with Crippen LogP contribution in [0.2, 0.25) is 0 Å². The number of amides is 1. The number of nitrogens with zero attached hydrogens (tertiary/aromatic N) is 1. The molecule has 1 atom stereocenters. The lowest BCUT2D eigenvalue weighted by Crippen LogP contribution is -2.56. The summed E-state index contributed by atoms with van der Waals surface area (Å²) in [5.41, 5.74) is 1.34. The summed E-state index contributed by atoms with van der Waals surface area (Å²) in [7, 11) is 0. The SMILES string of the molecule is CC(NC(=O)/C(C#N)=C\NCc1ccc2c(c1)OCO2)C12CC3CC(CC(C3)C1)C2. The standard InChI is InChI=1S/C24H29N3O3/c1-15(24-8-17-4-18(9-24)6-19(5-17)10-24)27-23(28)20(11-25)13-26-12-16-2-3-21-22(7-16)30-14-29-21/h2-3,7,13,15,17-19,26H,4-6,8-10,12,14H2,1H3,(H,27,28)/b20-13-. The number of carbonyl (C=O) groups excluding carboxylic acids is 1. The van der Waals surface area contributed by atoms with E-state index in [9.17, 15) is 10.1 Å². The van der Waals surface area contributed by atoms with Gasteiger partial charge in [-0.3, -0.25) is 4.79 Å². The number of rotatable bonds is 6. The minimum Gasteiger partial charge on any atom is -0.454 e. The van der Waals surface area contributed by atoms with Gasteiger partial charge in [-0.05, 0) is 86.3 Å². The Balaban J connectivity index is 1.20. The number of fused-ring (bicyclic) bond motifs is 1. The summed E-state index contributed by atoms with van der Waals surface area (Å²) in [4.78, 5) is 12.8. The highest BCUT2D eigenvalue weighted by Gasteiger charge is 2.53. The maximum absolute atomic E-state index is 12.8. The Morgan fingerprint density at radius 2 is 1.87 bits per heavy atom. The highest BCUT2D eigenvalue weighted by molar-refractivity contribution is 5.97. The van der Waals surface area contributed by atoms with Gasteiger partial charge in [0.05, 0.1) is 0 Å². The molecule has 30 heavy (non-hydrogen) atoms. The third kappa shape index (κ3) is 3.51. The van der Waals surface area contributed by atoms with Crippen molar-refractivity contribution in [1.29, 1.82) is 5.26 Å². The number of hydrogen-bond donors (Lipinski definition) is 2. The van der Waals surface area contributed by atoms with E-state index in [4.69, 9.17) is 9.47 Å². The van der Waals surface area contributed by atoms with E-state index < -0.39 is 0 Å². The van der Waals surface area contributed by atoms with Crippen molar-refractivity contribution in [3.63, 3.8) is 0 Å². The minimum atomic E-state index is -0.279. The van der Waals surface area contributed by atoms with Crippen LogP contribution in [-0.4, -0.2) is 18.7 Å². The lowest BCUT2D eigenvalue weighted by Gasteiger charge is -2.59. The lowest BCUT2D eigenvalue weighted by molar-refractivity contribution is -0.122. The predicted octanol–water partition coefficient (Wildman–Crippen LogP) is 3.63. The first-order valence-corrected chi connectivity index (χ1v) is 11.1. The fraction of sp³-hybridized carbons (Fsp3) is 0.583. The summed E-state index contributed by atoms with van der Waals surface area (Å²) in [5, 5.41) is 15.8. The molecule has 158 valence electrons. The van der Waals surface area contributed by atoms with Crippen LogP contribution >= 0.6 is 0 Å². The van der Waals surface area contributed by atoms with Crippen LogP contribution in [0.25, 0.3) is 0 Å². The zero-order chi connectivity index (χ0) is 20.7. The number of ether oxygens (including phenoxy) is 2. The van der Waals surface area contributed by atoms with Gasteiger partial charge in [0.2, 0.25) is 6.79 Å². The summed E-state index contributed by atoms with van der Waals surface area (Å²) in [6, 6.07) is 7.87. The summed E-state index contributed by atoms with van der Waals surface area (Å²) < 4.78 is 10.7. The fourth-order valence-corrected chi connectivity index (χ4v) is 6.61. The maximum atomic E-state index is 12.8. The van der Waals surface area contributed by atoms with Crippen molar-refractivity contribution in [2.45, 2.75) is 58.0 Å². The van der Waals surface area contributed by atoms with Crippen LogP contribution in [0.3, 0.4) is 0 Å². The van der Waals surface area contributed by atoms with E-state index in [0.717, 1.165) is 34.8 Å². The Morgan fingerprint density at radius 1 is 1.20 bits per heavy atom. The van der Waals surface area contributed by atoms with Gasteiger partial charge >= 0.3 is 0 Å². The lowest BCUT2D eigenvalue weighted by atomic mass is 9.48. The quantitative estimate of drug-likeness (QED) is 0.556. The molecule has 1 unspecified atom stereocenters. The average Bonchev–Trinajstić information content (AvgIpc) is 3.18. The number of hydrogen-bond acceptors (Lipinski definition) is 5. The number of nitriles is 1. The zero-order valence-electron chi connectivity index (χ0n) is 17.4. The fourth-order valence-electron chi connectivity index (χ4n) is 6.61. The van der Waals surface area contributed by atoms with Gasteiger partial charge in [-0.15, -0.1) is 0 Å². The molecule has 1 aromatic rings. The van der Waals surface area contributed by atoms with Crippen molar-refractivity contribution < 1.29 is 14.3 Å². The molecule has 4 aliphatic carbocycles. The van der Waals surface area contributed by atoms with Crippen LogP contribution in [0, 0.1) is 34.5 Å². The molecule has 6 heteroatoms. The molecule has 1 amide bonds. The zero-order valence-corrected chi connectivity index (χ0v) is 17.4. The van der Waals surface area contributed by atoms with E-state index in [1.807, 2.05) is 18.2 Å². The molecule has 1 heterocycles. The van der Waals surface area contributed by atoms with E-state index in [0.29, 0.717) is 6.54 Å². The van der Waals surface area contributed by atoms with Crippen molar-refractivity contribution >= 4 is 5.91 Å². The normalized spacial score (nSPS) is 31.9. The molecule has 2 N–H and O–H groups in total. The summed E-state index contributed by atoms with van der Waals surface area (Å²) >= 11 is 0. The van der Waals surface area contributed by atoms with Crippen molar-refractivity contribution in [3.05, 3.63) is 35.5 Å². The van der Waals surface area contributed by atoms with Crippen LogP contribution in [0.5, 0.6) is 11.5 Å². The first kappa shape index (κ1) is 19.3. The molecular weight excluding hydrogens is 378 g/mol. The highest BCUT2D eigenvalue weighted by Crippen LogP contribution is 2.61. The number of carbonyl (C=O) groups is 1. The van der Waals surface area contributed by atoms with Gasteiger partial charge in [0.1, 0.15) is 11.6 Å². The van der Waals surface area contributed by atoms with Gasteiger partial charge in [-0.25, -0.2) is 0 Å². The Kier molecular flexibility index (Phi) is 4.85. The van der Waals surface area contributed by atoms with Crippen molar-refractivity contribution in [1.82, 2.24) is 10.6 Å². The Bertz CT molecular complexity index is 881. The molecule has 0 aromatic heterocycles. The summed E-state index contributed by atoms with van der Waals surface area (Å²) in [5.74, 6) is 3.70. The predicted molar refractivity (Wildman–Crippen MR) is 111 cm³/mol. The smallest absolute Gasteiger partial charge is 0.263 e. The van der Waals surface area contributed by atoms with Crippen LogP contribution < -0.4 is 20.1 Å². The van der Waals surface area contributed by atoms with Gasteiger partial charge in [0.15, 0.2) is 11.5 Å². The second-order valence-electron chi connectivity index (χ2n) is 9.71. The molecule has 4 bridgehead atoms. The number of benzene rings is 1. The first-order chi connectivity index (χ1) is 14.5. The maximum Gasteiger partial charge on any atom is 0.263 e. The monoisotopic (exact) mass is 407 g/mol. The second kappa shape index (κ2) is 7.54. The topological polar surface area (TPSA) is 83.4 Å². The van der Waals surface area contributed by atoms with E-state index in [-0.39, 0.29) is 29.7 Å². The van der Waals surface area contributed by atoms with Gasteiger partial charge in [0, 0.05) is 18.8 Å². The summed E-state index contributed by atoms with van der Waals surface area (Å²) in [6.45, 7) is 2.88. The van der Waals surface area contributed by atoms with Crippen molar-refractivity contribution in [2.24, 2.45) is 23.2 Å². The van der Waals surface area contributed by atoms with E-state index in [2.05, 4.69) is 23.6 Å². The van der Waals surface area contributed by atoms with Gasteiger partial charge in [-0.1, -0.05) is 6.07 Å². The van der Waals surface area contributed by atoms with Gasteiger partial charge < -0.3 is 20.1 Å². The Labute approximate surface area is 177 Å². The third-order valence-corrected chi connectivity index (χ3v) is 7.71. The average molecular weight is 408 g/mol. The van der Waals surface area contributed by atoms with Crippen LogP contribution in [0.1, 0.15) is 51.0 Å². The number of nitrogens with one attached hydrogen (secondary N) is 2. The van der Waals surface area contributed by atoms with Crippen LogP contribution in [0.15, 0.2) is 30.0 Å². The van der Waals surface area contributed by atoms with Crippen molar-refractivity contribution in [3.8, 4) is 17.6 Å². The molecule has 5 aliphatic rings. The molecule has 1 aliphatic heterocycles. The van der Waals surface area contributed by atoms with Gasteiger partial charge in [0.25, 0.3) is 5.91 Å². The van der Waals surface area contributed by atoms with E-state index >= 15 is 0 Å². The second-order valence-corrected chi connectivity index (χ2v) is 9.71. The van der Waals surface area contributed by atoms with E-state index in [1.54, 1.807) is 0 Å². The van der Waals surface area contributed by atoms with Gasteiger partial charge in [-0.2, -0.15) is 5.26 Å². The van der Waals surface area contributed by atoms with Crippen LogP contribution in [0.4, 0.5) is 0 Å². The first-order valence-electron chi connectivity index (χ1n) is 11.1. The third-order valence-electron chi connectivity index (χ3n) is 7.71. The molecule has 1 aromatic carbocycles. The molecule has 6 nitrogen and oxygen atoms in total.